The van der Waals surface area contributed by atoms with Crippen molar-refractivity contribution in [1.82, 2.24) is 4.90 Å². The molecule has 1 aliphatic carbocycles. The maximum Gasteiger partial charge on any atom is 0.183 e. The van der Waals surface area contributed by atoms with Gasteiger partial charge in [-0.3, -0.25) is 9.69 Å². The highest BCUT2D eigenvalue weighted by Crippen LogP contribution is 2.38. The summed E-state index contributed by atoms with van der Waals surface area (Å²) in [5, 5.41) is 0. The van der Waals surface area contributed by atoms with Crippen LogP contribution < -0.4 is 0 Å². The number of carbonyl (C=O) groups excluding carboxylic acids is 1. The lowest BCUT2D eigenvalue weighted by atomic mass is 9.84. The number of carbonyl (C=O) groups is 1. The number of likely N-dealkylation sites (N-methyl/N-ethyl adjacent to an activating group) is 1. The number of benzene rings is 1. The second-order valence-corrected chi connectivity index (χ2v) is 6.12. The quantitative estimate of drug-likeness (QED) is 0.751. The van der Waals surface area contributed by atoms with Crippen LogP contribution in [0.25, 0.3) is 0 Å². The molecule has 1 aromatic rings. The molecule has 0 spiro atoms. The molecule has 0 unspecified atom stereocenters. The van der Waals surface area contributed by atoms with E-state index in [-0.39, 0.29) is 5.54 Å². The molecule has 1 saturated carbocycles. The molecule has 2 nitrogen and oxygen atoms in total. The van der Waals surface area contributed by atoms with Gasteiger partial charge in [-0.1, -0.05) is 43.9 Å². The molecule has 0 saturated heterocycles. The van der Waals surface area contributed by atoms with E-state index in [1.54, 1.807) is 0 Å². The van der Waals surface area contributed by atoms with Crippen molar-refractivity contribution in [1.29, 1.82) is 0 Å². The summed E-state index contributed by atoms with van der Waals surface area (Å²) in [7, 11) is 0. The van der Waals surface area contributed by atoms with Crippen LogP contribution in [0.4, 0.5) is 0 Å². The molecule has 1 aliphatic rings. The van der Waals surface area contributed by atoms with Crippen molar-refractivity contribution in [2.75, 3.05) is 13.1 Å². The Kier molecular flexibility index (Phi) is 4.64. The Hall–Kier alpha value is -1.15. The number of ketones is 1. The van der Waals surface area contributed by atoms with Gasteiger partial charge in [0.05, 0.1) is 5.54 Å². The first-order chi connectivity index (χ1) is 9.53. The highest BCUT2D eigenvalue weighted by atomic mass is 16.1. The third-order valence-electron chi connectivity index (χ3n) is 4.71. The predicted molar refractivity (Wildman–Crippen MR) is 84.4 cm³/mol. The standard InChI is InChI=1S/C18H27NO/c1-5-19(6-2)18(9-7-8-10-18)17(20)16-12-14(3)11-15(4)13-16/h11-13H,5-10H2,1-4H3. The molecule has 0 radical (unpaired) electrons. The maximum absolute atomic E-state index is 13.2. The molecule has 0 amide bonds. The summed E-state index contributed by atoms with van der Waals surface area (Å²) in [5.41, 5.74) is 3.02. The van der Waals surface area contributed by atoms with Crippen LogP contribution in [0.15, 0.2) is 18.2 Å². The predicted octanol–water partition coefficient (Wildman–Crippen LogP) is 4.14. The highest BCUT2D eigenvalue weighted by Gasteiger charge is 2.45. The van der Waals surface area contributed by atoms with Crippen molar-refractivity contribution in [3.8, 4) is 0 Å². The second kappa shape index (κ2) is 6.09. The lowest BCUT2D eigenvalue weighted by Crippen LogP contribution is -2.52. The molecule has 0 atom stereocenters. The number of Topliss-reactive ketones (excluding diaryl/α,β-unsaturated/α-hetero) is 1. The Morgan fingerprint density at radius 1 is 1.05 bits per heavy atom. The number of hydrogen-bond donors (Lipinski definition) is 0. The van der Waals surface area contributed by atoms with Crippen LogP contribution >= 0.6 is 0 Å². The monoisotopic (exact) mass is 273 g/mol. The number of aryl methyl sites for hydroxylation is 2. The van der Waals surface area contributed by atoms with Crippen LogP contribution in [0.3, 0.4) is 0 Å². The van der Waals surface area contributed by atoms with Gasteiger partial charge in [0.25, 0.3) is 0 Å². The van der Waals surface area contributed by atoms with Crippen molar-refractivity contribution in [3.63, 3.8) is 0 Å². The Labute approximate surface area is 123 Å². The molecular formula is C18H27NO. The SMILES string of the molecule is CCN(CC)C1(C(=O)c2cc(C)cc(C)c2)CCCC1. The van der Waals surface area contributed by atoms with E-state index in [1.807, 2.05) is 0 Å². The van der Waals surface area contributed by atoms with Gasteiger partial charge in [-0.05, 0) is 51.9 Å². The number of nitrogens with zero attached hydrogens (tertiary/aromatic N) is 1. The fraction of sp³-hybridized carbons (Fsp3) is 0.611. The van der Waals surface area contributed by atoms with E-state index in [9.17, 15) is 4.79 Å². The Morgan fingerprint density at radius 3 is 2.00 bits per heavy atom. The molecule has 0 N–H and O–H groups in total. The Balaban J connectivity index is 2.41. The minimum atomic E-state index is -0.246. The van der Waals surface area contributed by atoms with Crippen LogP contribution in [-0.4, -0.2) is 29.3 Å². The van der Waals surface area contributed by atoms with Gasteiger partial charge in [-0.2, -0.15) is 0 Å². The summed E-state index contributed by atoms with van der Waals surface area (Å²) in [6, 6.07) is 6.24. The van der Waals surface area contributed by atoms with Crippen LogP contribution in [0, 0.1) is 13.8 Å². The molecule has 0 heterocycles. The van der Waals surface area contributed by atoms with Crippen LogP contribution in [0.5, 0.6) is 0 Å². The summed E-state index contributed by atoms with van der Waals surface area (Å²) in [6.45, 7) is 10.4. The van der Waals surface area contributed by atoms with E-state index in [0.29, 0.717) is 5.78 Å². The first kappa shape index (κ1) is 15.2. The van der Waals surface area contributed by atoms with E-state index in [0.717, 1.165) is 31.5 Å². The van der Waals surface area contributed by atoms with Crippen LogP contribution in [0.2, 0.25) is 0 Å². The van der Waals surface area contributed by atoms with Crippen molar-refractivity contribution >= 4 is 5.78 Å². The first-order valence-electron chi connectivity index (χ1n) is 7.91. The van der Waals surface area contributed by atoms with E-state index in [4.69, 9.17) is 0 Å². The zero-order chi connectivity index (χ0) is 14.8. The lowest BCUT2D eigenvalue weighted by Gasteiger charge is -2.39. The van der Waals surface area contributed by atoms with E-state index in [2.05, 4.69) is 50.8 Å². The first-order valence-corrected chi connectivity index (χ1v) is 7.91. The average Bonchev–Trinajstić information content (AvgIpc) is 2.89. The second-order valence-electron chi connectivity index (χ2n) is 6.12. The third kappa shape index (κ3) is 2.67. The molecule has 2 heteroatoms. The summed E-state index contributed by atoms with van der Waals surface area (Å²) in [6.07, 6.45) is 4.38. The molecule has 0 aromatic heterocycles. The minimum Gasteiger partial charge on any atom is -0.292 e. The van der Waals surface area contributed by atoms with E-state index < -0.39 is 0 Å². The average molecular weight is 273 g/mol. The number of rotatable bonds is 5. The molecule has 0 bridgehead atoms. The molecule has 110 valence electrons. The number of hydrogen-bond acceptors (Lipinski definition) is 2. The van der Waals surface area contributed by atoms with Crippen molar-refractivity contribution < 1.29 is 4.79 Å². The van der Waals surface area contributed by atoms with Gasteiger partial charge in [0.1, 0.15) is 0 Å². The zero-order valence-corrected chi connectivity index (χ0v) is 13.3. The van der Waals surface area contributed by atoms with Crippen molar-refractivity contribution in [2.24, 2.45) is 0 Å². The fourth-order valence-corrected chi connectivity index (χ4v) is 3.85. The maximum atomic E-state index is 13.2. The molecule has 1 fully saturated rings. The summed E-state index contributed by atoms with van der Waals surface area (Å²) in [4.78, 5) is 15.6. The molecular weight excluding hydrogens is 246 g/mol. The Morgan fingerprint density at radius 2 is 1.55 bits per heavy atom. The van der Waals surface area contributed by atoms with Crippen molar-refractivity contribution in [3.05, 3.63) is 34.9 Å². The van der Waals surface area contributed by atoms with Crippen molar-refractivity contribution in [2.45, 2.75) is 58.9 Å². The zero-order valence-electron chi connectivity index (χ0n) is 13.3. The summed E-state index contributed by atoms with van der Waals surface area (Å²) < 4.78 is 0. The largest absolute Gasteiger partial charge is 0.292 e. The normalized spacial score (nSPS) is 17.6. The Bertz CT molecular complexity index is 462. The summed E-state index contributed by atoms with van der Waals surface area (Å²) in [5.74, 6) is 0.338. The van der Waals surface area contributed by atoms with E-state index >= 15 is 0 Å². The third-order valence-corrected chi connectivity index (χ3v) is 4.71. The highest BCUT2D eigenvalue weighted by molar-refractivity contribution is 6.03. The van der Waals surface area contributed by atoms with Gasteiger partial charge in [0, 0.05) is 5.56 Å². The smallest absolute Gasteiger partial charge is 0.183 e. The topological polar surface area (TPSA) is 20.3 Å². The lowest BCUT2D eigenvalue weighted by molar-refractivity contribution is 0.0584. The van der Waals surface area contributed by atoms with Crippen LogP contribution in [0.1, 0.15) is 61.0 Å². The molecule has 20 heavy (non-hydrogen) atoms. The van der Waals surface area contributed by atoms with Gasteiger partial charge < -0.3 is 0 Å². The molecule has 0 aliphatic heterocycles. The van der Waals surface area contributed by atoms with Gasteiger partial charge in [-0.15, -0.1) is 0 Å². The van der Waals surface area contributed by atoms with Gasteiger partial charge in [0.2, 0.25) is 0 Å². The summed E-state index contributed by atoms with van der Waals surface area (Å²) >= 11 is 0. The van der Waals surface area contributed by atoms with Crippen LogP contribution in [-0.2, 0) is 0 Å². The van der Waals surface area contributed by atoms with Gasteiger partial charge in [-0.25, -0.2) is 0 Å². The molecule has 2 rings (SSSR count). The molecule has 1 aromatic carbocycles. The van der Waals surface area contributed by atoms with Gasteiger partial charge in [0.15, 0.2) is 5.78 Å². The van der Waals surface area contributed by atoms with Gasteiger partial charge >= 0.3 is 0 Å². The van der Waals surface area contributed by atoms with E-state index in [1.165, 1.54) is 24.0 Å². The minimum absolute atomic E-state index is 0.246. The fourth-order valence-electron chi connectivity index (χ4n) is 3.85.